The molecule has 7 aliphatic rings. The summed E-state index contributed by atoms with van der Waals surface area (Å²) in [6, 6.07) is 18.1. The zero-order chi connectivity index (χ0) is 68.6. The predicted molar refractivity (Wildman–Crippen MR) is 360 cm³/mol. The molecule has 13 rings (SSSR count). The number of benzene rings is 2. The third-order valence-electron chi connectivity index (χ3n) is 20.1. The predicted octanol–water partition coefficient (Wildman–Crippen LogP) is 7.12. The molecular formula is C68H86N11O16PS. The van der Waals surface area contributed by atoms with E-state index >= 15 is 0 Å². The molecule has 7 heterocycles. The Bertz CT molecular complexity index is 3940. The van der Waals surface area contributed by atoms with Crippen molar-refractivity contribution in [2.24, 2.45) is 22.0 Å². The van der Waals surface area contributed by atoms with Crippen LogP contribution in [-0.4, -0.2) is 201 Å². The van der Waals surface area contributed by atoms with Gasteiger partial charge in [0.1, 0.15) is 36.5 Å². The number of piperidine rings is 1. The van der Waals surface area contributed by atoms with Crippen molar-refractivity contribution >= 4 is 75.9 Å². The smallest absolute Gasteiger partial charge is 0.410 e. The third-order valence-corrected chi connectivity index (χ3v) is 22.0. The molecule has 4 aliphatic carbocycles. The first kappa shape index (κ1) is 69.4. The number of nitrogens with one attached hydrogen (secondary N) is 2. The number of amides is 2. The van der Waals surface area contributed by atoms with Gasteiger partial charge in [-0.3, -0.25) is 24.3 Å². The fourth-order valence-electron chi connectivity index (χ4n) is 17.0. The maximum absolute atomic E-state index is 13.8. The average molecular weight is 1380 g/mol. The number of nitrogens with zero attached hydrogens (tertiary/aromatic N) is 8. The van der Waals surface area contributed by atoms with E-state index in [4.69, 9.17) is 34.8 Å². The zero-order valence-corrected chi connectivity index (χ0v) is 56.3. The molecule has 2 unspecified atom stereocenters. The summed E-state index contributed by atoms with van der Waals surface area (Å²) < 4.78 is 39.1. The molecule has 97 heavy (non-hydrogen) atoms. The standard InChI is InChI=1S/C68H86N11O16PS/c1-41-47(45-14-16-52(73-53(45)60(84)85)78-24-17-43-10-4-11-46(48(43)33-78)59(83)75-63-74-58-51(97-63)12-5-21-71-58)32-72-79(41)40-67-35-65(2)34-66(3,36-67)38-68(37-65,39-67)93-29-27-76(23-8-30-96(89,90)91)44-18-25-77(26-19-44)64(88)92-28-6-9-42-13-15-50(49(31-42)70-22-7-20-69)94-62-56(82)54(80)55(81)57(95-62)61(86)87/h4-6,9-16,21,31-32,44,54-57,62,70,80-82H,7-8,17-20,22-30,33-40,69H2,1-3H3,(H,84,85)(H,86,87)(H2,89,90,91)(H,71,74,75,83)/b9-6+/t54-,55-,56+,57-,62+,65?,66?,67?,68?/m0/s1. The number of carbonyl (C=O) groups is 4. The van der Waals surface area contributed by atoms with E-state index in [0.29, 0.717) is 136 Å². The van der Waals surface area contributed by atoms with Crippen molar-refractivity contribution in [1.29, 1.82) is 0 Å². The minimum atomic E-state index is -4.26. The highest BCUT2D eigenvalue weighted by Crippen LogP contribution is 2.72. The molecule has 0 spiro atoms. The van der Waals surface area contributed by atoms with Crippen LogP contribution in [0.5, 0.6) is 5.75 Å². The number of aliphatic carboxylic acids is 1. The van der Waals surface area contributed by atoms with Gasteiger partial charge >= 0.3 is 25.6 Å². The molecule has 27 nitrogen and oxygen atoms in total. The summed E-state index contributed by atoms with van der Waals surface area (Å²) in [4.78, 5) is 91.4. The van der Waals surface area contributed by atoms with Gasteiger partial charge in [0, 0.05) is 80.4 Å². The second-order valence-electron chi connectivity index (χ2n) is 28.0. The summed E-state index contributed by atoms with van der Waals surface area (Å²) in [6.07, 6.45) is 5.58. The second-order valence-corrected chi connectivity index (χ2v) is 30.8. The van der Waals surface area contributed by atoms with E-state index in [1.54, 1.807) is 53.7 Å². The summed E-state index contributed by atoms with van der Waals surface area (Å²) in [5.74, 6) is -2.33. The first-order valence-electron chi connectivity index (χ1n) is 33.1. The van der Waals surface area contributed by atoms with Gasteiger partial charge in [0.2, 0.25) is 6.29 Å². The zero-order valence-electron chi connectivity index (χ0n) is 54.6. The van der Waals surface area contributed by atoms with Gasteiger partial charge in [0.25, 0.3) is 5.91 Å². The highest BCUT2D eigenvalue weighted by atomic mass is 32.1. The van der Waals surface area contributed by atoms with Crippen molar-refractivity contribution in [3.63, 3.8) is 0 Å². The Morgan fingerprint density at radius 1 is 0.897 bits per heavy atom. The highest BCUT2D eigenvalue weighted by Gasteiger charge is 2.66. The Kier molecular flexibility index (Phi) is 20.3. The number of hydrogen-bond acceptors (Lipinski definition) is 21. The summed E-state index contributed by atoms with van der Waals surface area (Å²) in [5, 5.41) is 62.9. The summed E-state index contributed by atoms with van der Waals surface area (Å²) in [5.41, 5.74) is 11.1. The van der Waals surface area contributed by atoms with E-state index in [9.17, 15) is 59.1 Å². The monoisotopic (exact) mass is 1380 g/mol. The molecule has 6 fully saturated rings. The van der Waals surface area contributed by atoms with Crippen LogP contribution in [0.15, 0.2) is 79.1 Å². The summed E-state index contributed by atoms with van der Waals surface area (Å²) in [7, 11) is -4.26. The molecule has 520 valence electrons. The lowest BCUT2D eigenvalue weighted by molar-refractivity contribution is -0.271. The Balaban J connectivity index is 0.667. The van der Waals surface area contributed by atoms with Crippen LogP contribution in [0.2, 0.25) is 0 Å². The fourth-order valence-corrected chi connectivity index (χ4v) is 18.3. The molecule has 29 heteroatoms. The Morgan fingerprint density at radius 2 is 1.68 bits per heavy atom. The number of thiazole rings is 1. The number of aromatic carboxylic acids is 1. The van der Waals surface area contributed by atoms with Crippen molar-refractivity contribution in [3.8, 4) is 16.9 Å². The van der Waals surface area contributed by atoms with Crippen LogP contribution >= 0.6 is 18.9 Å². The minimum absolute atomic E-state index is 0.00217. The number of pyridine rings is 2. The lowest BCUT2D eigenvalue weighted by atomic mass is 9.39. The number of ether oxygens (including phenoxy) is 4. The molecule has 11 N–H and O–H groups in total. The van der Waals surface area contributed by atoms with Gasteiger partial charge in [-0.15, -0.1) is 0 Å². The number of aliphatic hydroxyl groups excluding tert-OH is 3. The lowest BCUT2D eigenvalue weighted by Gasteiger charge is -2.69. The van der Waals surface area contributed by atoms with Crippen molar-refractivity contribution in [2.75, 3.05) is 80.7 Å². The lowest BCUT2D eigenvalue weighted by Crippen LogP contribution is -2.64. The number of carboxylic acid groups (broad SMARTS) is 2. The number of aromatic nitrogens is 5. The number of rotatable bonds is 26. The molecule has 3 aliphatic heterocycles. The van der Waals surface area contributed by atoms with Crippen LogP contribution in [0.1, 0.15) is 121 Å². The average Bonchev–Trinajstić information content (AvgIpc) is 0.943. The largest absolute Gasteiger partial charge is 0.479 e. The van der Waals surface area contributed by atoms with E-state index in [2.05, 4.69) is 39.3 Å². The third kappa shape index (κ3) is 15.5. The molecule has 4 aromatic heterocycles. The van der Waals surface area contributed by atoms with E-state index in [-0.39, 0.29) is 58.8 Å². The molecule has 7 atom stereocenters. The SMILES string of the molecule is Cc1c(-c2ccc(N3CCc4cccc(C(=O)Nc5nc6ncccc6s5)c4C3)nc2C(=O)O)cnn1CC12CC3(C)CC(C)(C1)CC(OCCN(CCCP(=O)(O)O)C1CCN(C(=O)OC/C=C/c4ccc(O[C@@H]5O[C@H](C(=O)O)[C@@H](O)[C@H](O)[C@H]5O)c(NCCCN)c4)CC1)(C3)C2. The number of fused-ring (bicyclic) bond motifs is 2. The van der Waals surface area contributed by atoms with Crippen LogP contribution in [0.25, 0.3) is 27.6 Å². The van der Waals surface area contributed by atoms with Crippen molar-refractivity contribution in [3.05, 3.63) is 113 Å². The highest BCUT2D eigenvalue weighted by molar-refractivity contribution is 7.51. The minimum Gasteiger partial charge on any atom is -0.479 e. The number of carbonyl (C=O) groups excluding carboxylic acids is 2. The van der Waals surface area contributed by atoms with Gasteiger partial charge in [-0.25, -0.2) is 24.4 Å². The molecule has 4 bridgehead atoms. The molecule has 4 saturated carbocycles. The molecular weight excluding hydrogens is 1290 g/mol. The van der Waals surface area contributed by atoms with Crippen LogP contribution in [0.4, 0.5) is 21.4 Å². The van der Waals surface area contributed by atoms with E-state index in [1.807, 2.05) is 52.9 Å². The van der Waals surface area contributed by atoms with Gasteiger partial charge in [0.05, 0.1) is 35.0 Å². The Morgan fingerprint density at radius 3 is 2.41 bits per heavy atom. The van der Waals surface area contributed by atoms with Gasteiger partial charge in [0.15, 0.2) is 22.6 Å². The normalized spacial score (nSPS) is 26.4. The quantitative estimate of drug-likeness (QED) is 0.0191. The number of nitrogens with two attached hydrogens (primary N) is 1. The maximum atomic E-state index is 13.8. The van der Waals surface area contributed by atoms with Crippen LogP contribution in [0.3, 0.4) is 0 Å². The second kappa shape index (κ2) is 28.4. The van der Waals surface area contributed by atoms with Crippen molar-refractivity contribution in [2.45, 2.75) is 147 Å². The number of anilines is 3. The molecule has 6 aromatic rings. The van der Waals surface area contributed by atoms with E-state index in [0.717, 1.165) is 60.0 Å². The molecule has 2 saturated heterocycles. The Hall–Kier alpha value is -7.47. The molecule has 0 radical (unpaired) electrons. The topological polar surface area (TPSA) is 380 Å². The Labute approximate surface area is 565 Å². The van der Waals surface area contributed by atoms with Gasteiger partial charge in [-0.2, -0.15) is 10.1 Å². The molecule has 2 amide bonds. The number of likely N-dealkylation sites (tertiary alicyclic amines) is 1. The first-order valence-corrected chi connectivity index (χ1v) is 35.8. The van der Waals surface area contributed by atoms with Gasteiger partial charge < -0.3 is 75.1 Å². The van der Waals surface area contributed by atoms with E-state index < -0.39 is 61.9 Å². The summed E-state index contributed by atoms with van der Waals surface area (Å²) in [6.45, 7) is 11.3. The maximum Gasteiger partial charge on any atom is 0.410 e. The van der Waals surface area contributed by atoms with Crippen molar-refractivity contribution < 1.29 is 78.0 Å². The number of aliphatic hydroxyl groups is 3. The van der Waals surface area contributed by atoms with Gasteiger partial charge in [-0.1, -0.05) is 49.5 Å². The van der Waals surface area contributed by atoms with Crippen LogP contribution < -0.4 is 26.0 Å². The fraction of sp³-hybridized carbons (Fsp3) is 0.529. The van der Waals surface area contributed by atoms with Gasteiger partial charge in [-0.05, 0) is 172 Å². The van der Waals surface area contributed by atoms with E-state index in [1.165, 1.54) is 11.3 Å². The summed E-state index contributed by atoms with van der Waals surface area (Å²) >= 11 is 1.35. The number of hydrogen-bond donors (Lipinski definition) is 10. The first-order chi connectivity index (χ1) is 46.3. The molecule has 2 aromatic carbocycles. The van der Waals surface area contributed by atoms with Crippen LogP contribution in [0, 0.1) is 23.2 Å². The van der Waals surface area contributed by atoms with Crippen LogP contribution in [-0.2, 0) is 43.1 Å². The van der Waals surface area contributed by atoms with Crippen molar-refractivity contribution in [1.82, 2.24) is 34.5 Å². The number of carboxylic acids is 2.